The molecule has 2 aliphatic rings. The highest BCUT2D eigenvalue weighted by Gasteiger charge is 2.28. The Balaban J connectivity index is 1.79. The summed E-state index contributed by atoms with van der Waals surface area (Å²) in [7, 11) is 0. The molecule has 3 rings (SSSR count). The molecule has 0 atom stereocenters. The Morgan fingerprint density at radius 3 is 2.80 bits per heavy atom. The van der Waals surface area contributed by atoms with Crippen molar-refractivity contribution in [3.05, 3.63) is 29.3 Å². The first-order chi connectivity index (χ1) is 9.53. The van der Waals surface area contributed by atoms with Gasteiger partial charge < -0.3 is 10.2 Å². The van der Waals surface area contributed by atoms with E-state index in [-0.39, 0.29) is 0 Å². The average Bonchev–Trinajstić information content (AvgIpc) is 3.19. The van der Waals surface area contributed by atoms with Crippen molar-refractivity contribution in [3.8, 4) is 0 Å². The zero-order valence-corrected chi connectivity index (χ0v) is 13.2. The molecule has 0 bridgehead atoms. The van der Waals surface area contributed by atoms with Gasteiger partial charge in [-0.25, -0.2) is 0 Å². The summed E-state index contributed by atoms with van der Waals surface area (Å²) in [4.78, 5) is 2.60. The zero-order valence-electron chi connectivity index (χ0n) is 13.2. The van der Waals surface area contributed by atoms with Crippen molar-refractivity contribution in [1.29, 1.82) is 0 Å². The van der Waals surface area contributed by atoms with E-state index >= 15 is 0 Å². The molecule has 1 aromatic rings. The lowest BCUT2D eigenvalue weighted by Crippen LogP contribution is -2.40. The van der Waals surface area contributed by atoms with Crippen LogP contribution in [0, 0.1) is 12.3 Å². The van der Waals surface area contributed by atoms with E-state index in [1.165, 1.54) is 55.6 Å². The summed E-state index contributed by atoms with van der Waals surface area (Å²) in [5, 5.41) is 3.67. The molecule has 1 aliphatic heterocycles. The largest absolute Gasteiger partial charge is 0.371 e. The first-order valence-corrected chi connectivity index (χ1v) is 8.11. The topological polar surface area (TPSA) is 15.3 Å². The summed E-state index contributed by atoms with van der Waals surface area (Å²) in [6, 6.07) is 7.74. The van der Waals surface area contributed by atoms with E-state index in [1.54, 1.807) is 0 Å². The van der Waals surface area contributed by atoms with Crippen molar-refractivity contribution in [2.75, 3.05) is 18.0 Å². The van der Waals surface area contributed by atoms with Crippen LogP contribution in [-0.2, 0) is 6.54 Å². The van der Waals surface area contributed by atoms with Gasteiger partial charge in [-0.2, -0.15) is 0 Å². The minimum atomic E-state index is 0.449. The van der Waals surface area contributed by atoms with Gasteiger partial charge in [-0.05, 0) is 49.7 Å². The molecular weight excluding hydrogens is 244 g/mol. The van der Waals surface area contributed by atoms with Crippen LogP contribution in [0.5, 0.6) is 0 Å². The molecule has 2 fully saturated rings. The van der Waals surface area contributed by atoms with E-state index in [9.17, 15) is 0 Å². The second kappa shape index (κ2) is 5.40. The molecule has 2 heteroatoms. The van der Waals surface area contributed by atoms with E-state index in [0.717, 1.165) is 12.6 Å². The molecule has 0 aromatic heterocycles. The molecule has 0 radical (unpaired) electrons. The van der Waals surface area contributed by atoms with E-state index in [0.29, 0.717) is 5.41 Å². The minimum Gasteiger partial charge on any atom is -0.371 e. The number of benzene rings is 1. The lowest BCUT2D eigenvalue weighted by atomic mass is 9.84. The summed E-state index contributed by atoms with van der Waals surface area (Å²) >= 11 is 0. The molecule has 0 spiro atoms. The fourth-order valence-electron chi connectivity index (χ4n) is 3.34. The molecule has 0 amide bonds. The Morgan fingerprint density at radius 2 is 2.10 bits per heavy atom. The number of nitrogens with one attached hydrogen (secondary N) is 1. The predicted molar refractivity (Wildman–Crippen MR) is 86.3 cm³/mol. The second-order valence-corrected chi connectivity index (χ2v) is 7.48. The third-order valence-corrected chi connectivity index (χ3v) is 4.63. The standard InChI is InChI=1S/C18H28N2/c1-14-5-8-17(15(11-14)12-19-16-6-7-16)20-10-4-9-18(2,3)13-20/h5,8,11,16,19H,4,6-7,9-10,12-13H2,1-3H3. The van der Waals surface area contributed by atoms with Crippen LogP contribution in [-0.4, -0.2) is 19.1 Å². The number of nitrogens with zero attached hydrogens (tertiary/aromatic N) is 1. The van der Waals surface area contributed by atoms with E-state index in [4.69, 9.17) is 0 Å². The summed E-state index contributed by atoms with van der Waals surface area (Å²) < 4.78 is 0. The first-order valence-electron chi connectivity index (χ1n) is 8.11. The van der Waals surface area contributed by atoms with Crippen molar-refractivity contribution in [3.63, 3.8) is 0 Å². The molecule has 1 aromatic carbocycles. The highest BCUT2D eigenvalue weighted by atomic mass is 15.1. The Kier molecular flexibility index (Phi) is 3.76. The van der Waals surface area contributed by atoms with Gasteiger partial charge in [0.1, 0.15) is 0 Å². The molecular formula is C18H28N2. The highest BCUT2D eigenvalue weighted by Crippen LogP contribution is 2.33. The predicted octanol–water partition coefficient (Wildman–Crippen LogP) is 3.87. The van der Waals surface area contributed by atoms with Gasteiger partial charge in [-0.1, -0.05) is 31.5 Å². The molecule has 2 nitrogen and oxygen atoms in total. The normalized spacial score (nSPS) is 22.1. The maximum atomic E-state index is 3.67. The average molecular weight is 272 g/mol. The number of aryl methyl sites for hydroxylation is 1. The van der Waals surface area contributed by atoms with Crippen LogP contribution in [0.25, 0.3) is 0 Å². The molecule has 0 unspecified atom stereocenters. The smallest absolute Gasteiger partial charge is 0.0412 e. The molecule has 20 heavy (non-hydrogen) atoms. The van der Waals surface area contributed by atoms with Gasteiger partial charge in [0.25, 0.3) is 0 Å². The van der Waals surface area contributed by atoms with Gasteiger partial charge in [0.15, 0.2) is 0 Å². The number of rotatable bonds is 4. The molecule has 1 aliphatic carbocycles. The molecule has 110 valence electrons. The molecule has 1 N–H and O–H groups in total. The molecule has 1 saturated heterocycles. The van der Waals surface area contributed by atoms with Gasteiger partial charge in [-0.15, -0.1) is 0 Å². The SMILES string of the molecule is Cc1ccc(N2CCCC(C)(C)C2)c(CNC2CC2)c1. The van der Waals surface area contributed by atoms with Crippen LogP contribution in [0.15, 0.2) is 18.2 Å². The Hall–Kier alpha value is -1.02. The van der Waals surface area contributed by atoms with Crippen molar-refractivity contribution in [2.45, 2.75) is 59.0 Å². The summed E-state index contributed by atoms with van der Waals surface area (Å²) in [5.41, 5.74) is 4.76. The van der Waals surface area contributed by atoms with E-state index in [2.05, 4.69) is 49.2 Å². The summed E-state index contributed by atoms with van der Waals surface area (Å²) in [5.74, 6) is 0. The van der Waals surface area contributed by atoms with Crippen LogP contribution in [0.1, 0.15) is 50.7 Å². The second-order valence-electron chi connectivity index (χ2n) is 7.48. The van der Waals surface area contributed by atoms with E-state index < -0.39 is 0 Å². The monoisotopic (exact) mass is 272 g/mol. The first kappa shape index (κ1) is 13.9. The number of anilines is 1. The van der Waals surface area contributed by atoms with Crippen LogP contribution in [0.4, 0.5) is 5.69 Å². The van der Waals surface area contributed by atoms with Gasteiger partial charge >= 0.3 is 0 Å². The van der Waals surface area contributed by atoms with Crippen LogP contribution >= 0.6 is 0 Å². The maximum absolute atomic E-state index is 3.67. The van der Waals surface area contributed by atoms with Crippen LogP contribution in [0.3, 0.4) is 0 Å². The third-order valence-electron chi connectivity index (χ3n) is 4.63. The zero-order chi connectivity index (χ0) is 14.2. The lowest BCUT2D eigenvalue weighted by molar-refractivity contribution is 0.293. The van der Waals surface area contributed by atoms with Crippen molar-refractivity contribution in [1.82, 2.24) is 5.32 Å². The molecule has 1 saturated carbocycles. The Labute approximate surface area is 123 Å². The maximum Gasteiger partial charge on any atom is 0.0412 e. The van der Waals surface area contributed by atoms with Crippen LogP contribution < -0.4 is 10.2 Å². The van der Waals surface area contributed by atoms with Crippen molar-refractivity contribution < 1.29 is 0 Å². The van der Waals surface area contributed by atoms with Crippen LogP contribution in [0.2, 0.25) is 0 Å². The van der Waals surface area contributed by atoms with Crippen molar-refractivity contribution >= 4 is 5.69 Å². The van der Waals surface area contributed by atoms with Gasteiger partial charge in [-0.3, -0.25) is 0 Å². The summed E-state index contributed by atoms with van der Waals surface area (Å²) in [6.07, 6.45) is 5.39. The summed E-state index contributed by atoms with van der Waals surface area (Å²) in [6.45, 7) is 10.4. The number of hydrogen-bond donors (Lipinski definition) is 1. The Bertz CT molecular complexity index is 474. The fourth-order valence-corrected chi connectivity index (χ4v) is 3.34. The number of piperidine rings is 1. The highest BCUT2D eigenvalue weighted by molar-refractivity contribution is 5.55. The molecule has 1 heterocycles. The van der Waals surface area contributed by atoms with Crippen molar-refractivity contribution in [2.24, 2.45) is 5.41 Å². The lowest BCUT2D eigenvalue weighted by Gasteiger charge is -2.40. The third kappa shape index (κ3) is 3.35. The number of hydrogen-bond acceptors (Lipinski definition) is 2. The minimum absolute atomic E-state index is 0.449. The van der Waals surface area contributed by atoms with Gasteiger partial charge in [0.05, 0.1) is 0 Å². The van der Waals surface area contributed by atoms with Gasteiger partial charge in [0.2, 0.25) is 0 Å². The Morgan fingerprint density at radius 1 is 1.30 bits per heavy atom. The quantitative estimate of drug-likeness (QED) is 0.895. The van der Waals surface area contributed by atoms with Gasteiger partial charge in [0, 0.05) is 31.4 Å². The van der Waals surface area contributed by atoms with E-state index in [1.807, 2.05) is 0 Å². The fraction of sp³-hybridized carbons (Fsp3) is 0.667.